The lowest BCUT2D eigenvalue weighted by Crippen LogP contribution is -2.43. The van der Waals surface area contributed by atoms with Crippen molar-refractivity contribution in [2.75, 3.05) is 14.2 Å². The number of nitrogens with two attached hydrogens (primary N) is 1. The van der Waals surface area contributed by atoms with E-state index in [-0.39, 0.29) is 0 Å². The SMILES string of the molecule is COC(=O)/C=C/C(C)(N)C(=O)OC. The molecule has 0 aliphatic rings. The fourth-order valence-corrected chi connectivity index (χ4v) is 0.597. The molecule has 0 radical (unpaired) electrons. The van der Waals surface area contributed by atoms with E-state index in [0.29, 0.717) is 0 Å². The van der Waals surface area contributed by atoms with Crippen molar-refractivity contribution in [1.29, 1.82) is 0 Å². The smallest absolute Gasteiger partial charge is 0.330 e. The summed E-state index contributed by atoms with van der Waals surface area (Å²) in [5.41, 5.74) is 4.20. The maximum Gasteiger partial charge on any atom is 0.330 e. The van der Waals surface area contributed by atoms with Crippen molar-refractivity contribution >= 4 is 11.9 Å². The number of carbonyl (C=O) groups is 2. The van der Waals surface area contributed by atoms with Gasteiger partial charge in [-0.15, -0.1) is 0 Å². The van der Waals surface area contributed by atoms with Gasteiger partial charge in [0.2, 0.25) is 0 Å². The van der Waals surface area contributed by atoms with E-state index in [4.69, 9.17) is 5.73 Å². The summed E-state index contributed by atoms with van der Waals surface area (Å²) in [5, 5.41) is 0. The molecule has 1 atom stereocenters. The van der Waals surface area contributed by atoms with Crippen molar-refractivity contribution < 1.29 is 19.1 Å². The van der Waals surface area contributed by atoms with Crippen LogP contribution in [0.5, 0.6) is 0 Å². The molecule has 0 saturated heterocycles. The molecule has 0 aliphatic heterocycles. The van der Waals surface area contributed by atoms with Crippen molar-refractivity contribution in [1.82, 2.24) is 0 Å². The van der Waals surface area contributed by atoms with Crippen LogP contribution < -0.4 is 5.73 Å². The van der Waals surface area contributed by atoms with Crippen molar-refractivity contribution in [3.63, 3.8) is 0 Å². The molecule has 2 N–H and O–H groups in total. The third kappa shape index (κ3) is 3.71. The summed E-state index contributed by atoms with van der Waals surface area (Å²) in [6.45, 7) is 1.43. The summed E-state index contributed by atoms with van der Waals surface area (Å²) in [4.78, 5) is 21.6. The Balaban J connectivity index is 4.40. The Kier molecular flexibility index (Phi) is 4.13. The molecular weight excluding hydrogens is 174 g/mol. The summed E-state index contributed by atoms with van der Waals surface area (Å²) in [7, 11) is 2.46. The van der Waals surface area contributed by atoms with E-state index in [1.807, 2.05) is 0 Å². The topological polar surface area (TPSA) is 78.6 Å². The lowest BCUT2D eigenvalue weighted by Gasteiger charge is -2.15. The Hall–Kier alpha value is -1.36. The van der Waals surface area contributed by atoms with Crippen LogP contribution in [-0.4, -0.2) is 31.7 Å². The minimum Gasteiger partial charge on any atom is -0.467 e. The fraction of sp³-hybridized carbons (Fsp3) is 0.500. The van der Waals surface area contributed by atoms with Gasteiger partial charge < -0.3 is 15.2 Å². The zero-order chi connectivity index (χ0) is 10.5. The molecule has 0 rings (SSSR count). The first kappa shape index (κ1) is 11.6. The standard InChI is InChI=1S/C8H13NO4/c1-8(9,7(11)13-3)5-4-6(10)12-2/h4-5H,9H2,1-3H3/b5-4+. The molecule has 0 heterocycles. The van der Waals surface area contributed by atoms with Gasteiger partial charge in [0.1, 0.15) is 5.54 Å². The van der Waals surface area contributed by atoms with E-state index >= 15 is 0 Å². The van der Waals surface area contributed by atoms with Gasteiger partial charge in [0.05, 0.1) is 14.2 Å². The largest absolute Gasteiger partial charge is 0.467 e. The number of hydrogen-bond acceptors (Lipinski definition) is 5. The summed E-state index contributed by atoms with van der Waals surface area (Å²) in [6, 6.07) is 0. The Bertz CT molecular complexity index is 232. The maximum absolute atomic E-state index is 11.0. The van der Waals surface area contributed by atoms with E-state index in [1.165, 1.54) is 27.2 Å². The van der Waals surface area contributed by atoms with Gasteiger partial charge >= 0.3 is 11.9 Å². The third-order valence-electron chi connectivity index (χ3n) is 1.39. The zero-order valence-electron chi connectivity index (χ0n) is 7.87. The normalized spacial score (nSPS) is 15.1. The highest BCUT2D eigenvalue weighted by Crippen LogP contribution is 2.03. The molecule has 0 spiro atoms. The Morgan fingerprint density at radius 2 is 1.85 bits per heavy atom. The van der Waals surface area contributed by atoms with Gasteiger partial charge in [-0.2, -0.15) is 0 Å². The van der Waals surface area contributed by atoms with Crippen LogP contribution in [0, 0.1) is 0 Å². The van der Waals surface area contributed by atoms with E-state index in [0.717, 1.165) is 6.08 Å². The molecular formula is C8H13NO4. The molecule has 0 aromatic rings. The lowest BCUT2D eigenvalue weighted by atomic mass is 10.0. The van der Waals surface area contributed by atoms with Crippen molar-refractivity contribution in [3.05, 3.63) is 12.2 Å². The average molecular weight is 187 g/mol. The minimum absolute atomic E-state index is 0.569. The van der Waals surface area contributed by atoms with Crippen LogP contribution in [0.1, 0.15) is 6.92 Å². The van der Waals surface area contributed by atoms with Gasteiger partial charge in [0.25, 0.3) is 0 Å². The van der Waals surface area contributed by atoms with Crippen LogP contribution in [0.25, 0.3) is 0 Å². The number of methoxy groups -OCH3 is 2. The molecule has 5 nitrogen and oxygen atoms in total. The van der Waals surface area contributed by atoms with E-state index < -0.39 is 17.5 Å². The van der Waals surface area contributed by atoms with Crippen molar-refractivity contribution in [2.24, 2.45) is 5.73 Å². The molecule has 74 valence electrons. The van der Waals surface area contributed by atoms with Crippen molar-refractivity contribution in [2.45, 2.75) is 12.5 Å². The van der Waals surface area contributed by atoms with Gasteiger partial charge in [-0.05, 0) is 13.0 Å². The first-order valence-electron chi connectivity index (χ1n) is 3.58. The summed E-state index contributed by atoms with van der Waals surface area (Å²) in [6.07, 6.45) is 2.31. The molecule has 0 aromatic heterocycles. The first-order chi connectivity index (χ1) is 5.94. The molecule has 0 aliphatic carbocycles. The van der Waals surface area contributed by atoms with Crippen LogP contribution in [0.3, 0.4) is 0 Å². The third-order valence-corrected chi connectivity index (χ3v) is 1.39. The Morgan fingerprint density at radius 1 is 1.31 bits per heavy atom. The highest BCUT2D eigenvalue weighted by atomic mass is 16.5. The van der Waals surface area contributed by atoms with Gasteiger partial charge in [0, 0.05) is 6.08 Å². The number of rotatable bonds is 3. The van der Waals surface area contributed by atoms with Crippen molar-refractivity contribution in [3.8, 4) is 0 Å². The molecule has 0 amide bonds. The molecule has 0 bridgehead atoms. The van der Waals surface area contributed by atoms with Crippen LogP contribution in [-0.2, 0) is 19.1 Å². The predicted octanol–water partition coefficient (Wildman–Crippen LogP) is -0.394. The second-order valence-electron chi connectivity index (χ2n) is 2.63. The number of carbonyl (C=O) groups excluding carboxylic acids is 2. The first-order valence-corrected chi connectivity index (χ1v) is 3.58. The summed E-state index contributed by atoms with van der Waals surface area (Å²) in [5.74, 6) is -1.19. The number of ether oxygens (including phenoxy) is 2. The summed E-state index contributed by atoms with van der Waals surface area (Å²) < 4.78 is 8.74. The fourth-order valence-electron chi connectivity index (χ4n) is 0.597. The second-order valence-corrected chi connectivity index (χ2v) is 2.63. The van der Waals surface area contributed by atoms with Crippen LogP contribution >= 0.6 is 0 Å². The minimum atomic E-state index is -1.30. The Morgan fingerprint density at radius 3 is 2.23 bits per heavy atom. The lowest BCUT2D eigenvalue weighted by molar-refractivity contribution is -0.144. The molecule has 5 heteroatoms. The van der Waals surface area contributed by atoms with Crippen LogP contribution in [0.2, 0.25) is 0 Å². The average Bonchev–Trinajstić information content (AvgIpc) is 2.12. The monoisotopic (exact) mass is 187 g/mol. The second kappa shape index (κ2) is 4.61. The van der Waals surface area contributed by atoms with Gasteiger partial charge in [-0.3, -0.25) is 0 Å². The van der Waals surface area contributed by atoms with Gasteiger partial charge in [-0.1, -0.05) is 0 Å². The zero-order valence-corrected chi connectivity index (χ0v) is 7.87. The molecule has 13 heavy (non-hydrogen) atoms. The highest BCUT2D eigenvalue weighted by Gasteiger charge is 2.26. The predicted molar refractivity (Wildman–Crippen MR) is 45.8 cm³/mol. The quantitative estimate of drug-likeness (QED) is 0.480. The molecule has 0 fully saturated rings. The van der Waals surface area contributed by atoms with E-state index in [2.05, 4.69) is 9.47 Å². The maximum atomic E-state index is 11.0. The number of esters is 2. The Labute approximate surface area is 76.5 Å². The molecule has 0 saturated carbocycles. The molecule has 0 aromatic carbocycles. The van der Waals surface area contributed by atoms with Crippen LogP contribution in [0.15, 0.2) is 12.2 Å². The van der Waals surface area contributed by atoms with Gasteiger partial charge in [-0.25, -0.2) is 9.59 Å². The van der Waals surface area contributed by atoms with E-state index in [1.54, 1.807) is 0 Å². The number of hydrogen-bond donors (Lipinski definition) is 1. The highest BCUT2D eigenvalue weighted by molar-refractivity contribution is 5.87. The van der Waals surface area contributed by atoms with E-state index in [9.17, 15) is 9.59 Å². The summed E-state index contributed by atoms with van der Waals surface area (Å²) >= 11 is 0. The van der Waals surface area contributed by atoms with Crippen LogP contribution in [0.4, 0.5) is 0 Å². The molecule has 1 unspecified atom stereocenters. The van der Waals surface area contributed by atoms with Gasteiger partial charge in [0.15, 0.2) is 0 Å².